The average Bonchev–Trinajstić information content (AvgIpc) is 3.12. The second kappa shape index (κ2) is 11.4. The van der Waals surface area contributed by atoms with Gasteiger partial charge in [0.15, 0.2) is 5.13 Å². The lowest BCUT2D eigenvalue weighted by molar-refractivity contribution is -0.118. The molecule has 0 spiro atoms. The summed E-state index contributed by atoms with van der Waals surface area (Å²) in [6.45, 7) is 1.40. The molecule has 0 fully saturated rings. The number of benzene rings is 2. The zero-order valence-electron chi connectivity index (χ0n) is 16.8. The van der Waals surface area contributed by atoms with Crippen LogP contribution in [0, 0.1) is 0 Å². The van der Waals surface area contributed by atoms with Crippen LogP contribution >= 0.6 is 35.5 Å². The number of thiazole rings is 1. The van der Waals surface area contributed by atoms with Gasteiger partial charge in [0.2, 0.25) is 5.91 Å². The number of nitrogens with zero attached hydrogens (tertiary/aromatic N) is 3. The van der Waals surface area contributed by atoms with Crippen LogP contribution in [0.5, 0.6) is 5.75 Å². The van der Waals surface area contributed by atoms with Gasteiger partial charge in [0.25, 0.3) is 0 Å². The fourth-order valence-electron chi connectivity index (χ4n) is 2.73. The lowest BCUT2D eigenvalue weighted by atomic mass is 10.3. The van der Waals surface area contributed by atoms with Gasteiger partial charge < -0.3 is 9.64 Å². The van der Waals surface area contributed by atoms with Gasteiger partial charge in [-0.25, -0.2) is 4.98 Å². The maximum Gasteiger partial charge on any atom is 0.229 e. The fraction of sp³-hybridized carbons (Fsp3) is 0.333. The Kier molecular flexibility index (Phi) is 9.23. The lowest BCUT2D eigenvalue weighted by Gasteiger charge is -2.22. The molecule has 0 saturated heterocycles. The molecule has 2 aromatic carbocycles. The maximum atomic E-state index is 13.0. The summed E-state index contributed by atoms with van der Waals surface area (Å²) >= 11 is 3.24. The van der Waals surface area contributed by atoms with Crippen LogP contribution in [0.15, 0.2) is 53.4 Å². The zero-order chi connectivity index (χ0) is 19.9. The highest BCUT2D eigenvalue weighted by Gasteiger charge is 2.20. The van der Waals surface area contributed by atoms with Crippen molar-refractivity contribution in [3.63, 3.8) is 0 Å². The summed E-state index contributed by atoms with van der Waals surface area (Å²) in [6.07, 6.45) is 0.472. The Morgan fingerprint density at radius 1 is 1.10 bits per heavy atom. The first kappa shape index (κ1) is 23.5. The number of hydrogen-bond acceptors (Lipinski definition) is 6. The molecule has 1 amide bonds. The topological polar surface area (TPSA) is 45.7 Å². The van der Waals surface area contributed by atoms with Gasteiger partial charge in [-0.15, -0.1) is 24.2 Å². The number of anilines is 1. The molecule has 0 radical (unpaired) electrons. The van der Waals surface area contributed by atoms with E-state index in [0.717, 1.165) is 33.4 Å². The molecule has 3 aromatic rings. The molecule has 5 nitrogen and oxygen atoms in total. The standard InChI is InChI=1S/C21H25N3O2S2.ClH/c1-23(2)13-14-24(19(25)12-15-27-16-8-5-4-6-9-16)21-22-20-17(26-3)10-7-11-18(20)28-21;/h4-11H,12-15H2,1-3H3;1H. The van der Waals surface area contributed by atoms with Gasteiger partial charge in [0.05, 0.1) is 11.8 Å². The number of hydrogen-bond donors (Lipinski definition) is 0. The van der Waals surface area contributed by atoms with Gasteiger partial charge in [0, 0.05) is 30.2 Å². The molecular weight excluding hydrogens is 426 g/mol. The van der Waals surface area contributed by atoms with Crippen molar-refractivity contribution in [3.8, 4) is 5.75 Å². The predicted octanol–water partition coefficient (Wildman–Crippen LogP) is 4.80. The Labute approximate surface area is 186 Å². The zero-order valence-corrected chi connectivity index (χ0v) is 19.3. The van der Waals surface area contributed by atoms with Crippen molar-refractivity contribution in [1.29, 1.82) is 0 Å². The van der Waals surface area contributed by atoms with Crippen LogP contribution in [0.3, 0.4) is 0 Å². The third kappa shape index (κ3) is 6.34. The molecular formula is C21H26ClN3O2S2. The molecule has 0 aliphatic heterocycles. The summed E-state index contributed by atoms with van der Waals surface area (Å²) in [5.74, 6) is 1.58. The van der Waals surface area contributed by atoms with Crippen molar-refractivity contribution in [2.24, 2.45) is 0 Å². The van der Waals surface area contributed by atoms with E-state index in [0.29, 0.717) is 13.0 Å². The third-order valence-corrected chi connectivity index (χ3v) is 6.28. The Morgan fingerprint density at radius 3 is 2.55 bits per heavy atom. The number of thioether (sulfide) groups is 1. The van der Waals surface area contributed by atoms with Gasteiger partial charge in [-0.05, 0) is 38.4 Å². The molecule has 0 unspecified atom stereocenters. The first-order valence-corrected chi connectivity index (χ1v) is 10.9. The Morgan fingerprint density at radius 2 is 1.86 bits per heavy atom. The van der Waals surface area contributed by atoms with Crippen molar-refractivity contribution in [3.05, 3.63) is 48.5 Å². The van der Waals surface area contributed by atoms with E-state index in [9.17, 15) is 4.79 Å². The summed E-state index contributed by atoms with van der Waals surface area (Å²) in [5, 5.41) is 0.732. The molecule has 0 aliphatic carbocycles. The molecule has 8 heteroatoms. The number of amides is 1. The summed E-state index contributed by atoms with van der Waals surface area (Å²) in [5.41, 5.74) is 0.811. The number of carbonyl (C=O) groups is 1. The summed E-state index contributed by atoms with van der Waals surface area (Å²) < 4.78 is 6.45. The molecule has 0 atom stereocenters. The van der Waals surface area contributed by atoms with Crippen LogP contribution in [0.4, 0.5) is 5.13 Å². The van der Waals surface area contributed by atoms with Crippen molar-refractivity contribution < 1.29 is 9.53 Å². The Bertz CT molecular complexity index is 919. The predicted molar refractivity (Wildman–Crippen MR) is 126 cm³/mol. The summed E-state index contributed by atoms with van der Waals surface area (Å²) in [4.78, 5) is 22.8. The highest BCUT2D eigenvalue weighted by atomic mass is 35.5. The van der Waals surface area contributed by atoms with E-state index in [1.807, 2.05) is 55.4 Å². The van der Waals surface area contributed by atoms with Crippen LogP contribution in [0.1, 0.15) is 6.42 Å². The minimum Gasteiger partial charge on any atom is -0.494 e. The van der Waals surface area contributed by atoms with Gasteiger partial charge >= 0.3 is 0 Å². The van der Waals surface area contributed by atoms with E-state index in [2.05, 4.69) is 17.0 Å². The Hall–Kier alpha value is -1.80. The maximum absolute atomic E-state index is 13.0. The van der Waals surface area contributed by atoms with Gasteiger partial charge in [-0.1, -0.05) is 35.6 Å². The fourth-order valence-corrected chi connectivity index (χ4v) is 4.62. The van der Waals surface area contributed by atoms with Crippen molar-refractivity contribution in [1.82, 2.24) is 9.88 Å². The molecule has 1 heterocycles. The van der Waals surface area contributed by atoms with E-state index in [4.69, 9.17) is 9.72 Å². The van der Waals surface area contributed by atoms with E-state index in [-0.39, 0.29) is 18.3 Å². The molecule has 29 heavy (non-hydrogen) atoms. The number of halogens is 1. The third-order valence-electron chi connectivity index (χ3n) is 4.22. The number of fused-ring (bicyclic) bond motifs is 1. The monoisotopic (exact) mass is 451 g/mol. The first-order chi connectivity index (χ1) is 13.6. The molecule has 3 rings (SSSR count). The highest BCUT2D eigenvalue weighted by molar-refractivity contribution is 7.99. The number of para-hydroxylation sites is 1. The van der Waals surface area contributed by atoms with Crippen molar-refractivity contribution >= 4 is 56.8 Å². The molecule has 0 N–H and O–H groups in total. The van der Waals surface area contributed by atoms with Crippen molar-refractivity contribution in [2.75, 3.05) is 44.9 Å². The Balaban J connectivity index is 0.00000300. The van der Waals surface area contributed by atoms with E-state index < -0.39 is 0 Å². The van der Waals surface area contributed by atoms with E-state index in [1.165, 1.54) is 16.2 Å². The van der Waals surface area contributed by atoms with Crippen LogP contribution in [-0.4, -0.2) is 55.8 Å². The molecule has 0 saturated carbocycles. The minimum absolute atomic E-state index is 0. The number of methoxy groups -OCH3 is 1. The van der Waals surface area contributed by atoms with Gasteiger partial charge in [-0.3, -0.25) is 9.69 Å². The van der Waals surface area contributed by atoms with Crippen LogP contribution in [0.2, 0.25) is 0 Å². The van der Waals surface area contributed by atoms with Crippen LogP contribution in [0.25, 0.3) is 10.2 Å². The minimum atomic E-state index is 0. The quantitative estimate of drug-likeness (QED) is 0.437. The molecule has 1 aromatic heterocycles. The number of likely N-dealkylation sites (N-methyl/N-ethyl adjacent to an activating group) is 1. The SMILES string of the molecule is COc1cccc2sc(N(CCN(C)C)C(=O)CCSc3ccccc3)nc12.Cl. The molecule has 0 aliphatic rings. The van der Waals surface area contributed by atoms with E-state index >= 15 is 0 Å². The van der Waals surface area contributed by atoms with E-state index in [1.54, 1.807) is 18.9 Å². The van der Waals surface area contributed by atoms with Crippen LogP contribution < -0.4 is 9.64 Å². The second-order valence-electron chi connectivity index (χ2n) is 6.56. The number of carbonyl (C=O) groups excluding carboxylic acids is 1. The number of rotatable bonds is 9. The summed E-state index contributed by atoms with van der Waals surface area (Å²) in [6, 6.07) is 16.0. The second-order valence-corrected chi connectivity index (χ2v) is 8.74. The number of ether oxygens (including phenoxy) is 1. The lowest BCUT2D eigenvalue weighted by Crippen LogP contribution is -2.36. The molecule has 156 valence electrons. The van der Waals surface area contributed by atoms with Gasteiger partial charge in [-0.2, -0.15) is 0 Å². The van der Waals surface area contributed by atoms with Gasteiger partial charge in [0.1, 0.15) is 11.3 Å². The highest BCUT2D eigenvalue weighted by Crippen LogP contribution is 2.34. The average molecular weight is 452 g/mol. The smallest absolute Gasteiger partial charge is 0.229 e. The van der Waals surface area contributed by atoms with Crippen LogP contribution in [-0.2, 0) is 4.79 Å². The normalized spacial score (nSPS) is 10.8. The molecule has 0 bridgehead atoms. The number of aromatic nitrogens is 1. The summed E-state index contributed by atoms with van der Waals surface area (Å²) in [7, 11) is 5.66. The van der Waals surface area contributed by atoms with Crippen molar-refractivity contribution in [2.45, 2.75) is 11.3 Å². The largest absolute Gasteiger partial charge is 0.494 e. The first-order valence-electron chi connectivity index (χ1n) is 9.15.